The maximum atomic E-state index is 13.8. The van der Waals surface area contributed by atoms with Gasteiger partial charge in [-0.3, -0.25) is 4.79 Å². The molecule has 4 nitrogen and oxygen atoms in total. The fourth-order valence-electron chi connectivity index (χ4n) is 2.36. The van der Waals surface area contributed by atoms with Crippen LogP contribution < -0.4 is 5.32 Å². The smallest absolute Gasteiger partial charge is 0.230 e. The summed E-state index contributed by atoms with van der Waals surface area (Å²) in [5.74, 6) is 0.254. The normalized spacial score (nSPS) is 10.6. The number of carbonyl (C=O) groups is 1. The first-order valence-corrected chi connectivity index (χ1v) is 7.60. The molecule has 0 saturated carbocycles. The van der Waals surface area contributed by atoms with Gasteiger partial charge in [-0.1, -0.05) is 24.3 Å². The van der Waals surface area contributed by atoms with Crippen LogP contribution in [0.2, 0.25) is 0 Å². The van der Waals surface area contributed by atoms with Gasteiger partial charge in [0.05, 0.1) is 17.8 Å². The number of nitrogens with zero attached hydrogens (tertiary/aromatic N) is 1. The van der Waals surface area contributed by atoms with Crippen LogP contribution in [0.4, 0.5) is 10.1 Å². The zero-order chi connectivity index (χ0) is 17.1. The van der Waals surface area contributed by atoms with E-state index in [1.807, 2.05) is 30.3 Å². The van der Waals surface area contributed by atoms with Gasteiger partial charge in [0.25, 0.3) is 0 Å². The predicted octanol–water partition coefficient (Wildman–Crippen LogP) is 4.28. The molecule has 5 heteroatoms. The lowest BCUT2D eigenvalue weighted by Gasteiger charge is -2.06. The van der Waals surface area contributed by atoms with Gasteiger partial charge in [-0.2, -0.15) is 0 Å². The minimum Gasteiger partial charge on any atom is -0.441 e. The van der Waals surface area contributed by atoms with E-state index in [1.54, 1.807) is 26.0 Å². The molecule has 0 unspecified atom stereocenters. The van der Waals surface area contributed by atoms with Crippen molar-refractivity contribution in [2.75, 3.05) is 5.32 Å². The van der Waals surface area contributed by atoms with Crippen molar-refractivity contribution in [3.8, 4) is 11.5 Å². The molecule has 0 saturated heterocycles. The molecule has 1 aromatic heterocycles. The molecule has 0 radical (unpaired) electrons. The summed E-state index contributed by atoms with van der Waals surface area (Å²) in [6.07, 6.45) is 0.0233. The van der Waals surface area contributed by atoms with Crippen molar-refractivity contribution in [2.24, 2.45) is 0 Å². The molecule has 0 bridgehead atoms. The van der Waals surface area contributed by atoms with Crippen molar-refractivity contribution in [3.05, 3.63) is 71.4 Å². The molecule has 3 rings (SSSR count). The van der Waals surface area contributed by atoms with Crippen LogP contribution in [-0.2, 0) is 11.2 Å². The average Bonchev–Trinajstić information content (AvgIpc) is 2.92. The van der Waals surface area contributed by atoms with Crippen molar-refractivity contribution < 1.29 is 13.6 Å². The van der Waals surface area contributed by atoms with Gasteiger partial charge >= 0.3 is 0 Å². The SMILES string of the molecule is Cc1ccc(NC(=O)Cc2nc(-c3ccccc3)oc2C)c(F)c1. The summed E-state index contributed by atoms with van der Waals surface area (Å²) < 4.78 is 19.4. The number of aromatic nitrogens is 1. The molecule has 122 valence electrons. The van der Waals surface area contributed by atoms with Crippen LogP contribution in [0, 0.1) is 19.7 Å². The highest BCUT2D eigenvalue weighted by molar-refractivity contribution is 5.92. The number of anilines is 1. The average molecular weight is 324 g/mol. The van der Waals surface area contributed by atoms with Crippen LogP contribution in [0.25, 0.3) is 11.5 Å². The molecule has 3 aromatic rings. The first-order valence-electron chi connectivity index (χ1n) is 7.60. The zero-order valence-electron chi connectivity index (χ0n) is 13.5. The van der Waals surface area contributed by atoms with E-state index in [4.69, 9.17) is 4.42 Å². The number of aryl methyl sites for hydroxylation is 2. The lowest BCUT2D eigenvalue weighted by molar-refractivity contribution is -0.115. The maximum Gasteiger partial charge on any atom is 0.230 e. The van der Waals surface area contributed by atoms with Gasteiger partial charge in [0.15, 0.2) is 0 Å². The summed E-state index contributed by atoms with van der Waals surface area (Å²) >= 11 is 0. The molecule has 1 amide bonds. The van der Waals surface area contributed by atoms with E-state index in [0.29, 0.717) is 17.3 Å². The Morgan fingerprint density at radius 2 is 1.92 bits per heavy atom. The third-order valence-electron chi connectivity index (χ3n) is 3.64. The van der Waals surface area contributed by atoms with Crippen LogP contribution >= 0.6 is 0 Å². The maximum absolute atomic E-state index is 13.8. The molecule has 0 aliphatic carbocycles. The van der Waals surface area contributed by atoms with E-state index in [9.17, 15) is 9.18 Å². The first-order chi connectivity index (χ1) is 11.5. The summed E-state index contributed by atoms with van der Waals surface area (Å²) in [4.78, 5) is 16.5. The van der Waals surface area contributed by atoms with Crippen LogP contribution in [-0.4, -0.2) is 10.9 Å². The molecule has 0 spiro atoms. The lowest BCUT2D eigenvalue weighted by atomic mass is 10.2. The van der Waals surface area contributed by atoms with Gasteiger partial charge in [0.2, 0.25) is 11.8 Å². The van der Waals surface area contributed by atoms with Gasteiger partial charge in [0.1, 0.15) is 11.6 Å². The van der Waals surface area contributed by atoms with Crippen LogP contribution in [0.15, 0.2) is 52.9 Å². The second-order valence-electron chi connectivity index (χ2n) is 5.60. The monoisotopic (exact) mass is 324 g/mol. The highest BCUT2D eigenvalue weighted by atomic mass is 19.1. The van der Waals surface area contributed by atoms with E-state index in [0.717, 1.165) is 11.1 Å². The summed E-state index contributed by atoms with van der Waals surface area (Å²) in [5.41, 5.74) is 2.34. The number of halogens is 1. The minimum atomic E-state index is -0.454. The number of carbonyl (C=O) groups excluding carboxylic acids is 1. The summed E-state index contributed by atoms with van der Waals surface area (Å²) in [7, 11) is 0. The van der Waals surface area contributed by atoms with Gasteiger partial charge in [-0.25, -0.2) is 9.37 Å². The Morgan fingerprint density at radius 3 is 2.62 bits per heavy atom. The van der Waals surface area contributed by atoms with Crippen molar-refractivity contribution >= 4 is 11.6 Å². The van der Waals surface area contributed by atoms with Gasteiger partial charge in [0, 0.05) is 5.56 Å². The molecule has 24 heavy (non-hydrogen) atoms. The highest BCUT2D eigenvalue weighted by Gasteiger charge is 2.15. The molecule has 1 heterocycles. The molecule has 1 N–H and O–H groups in total. The molecule has 0 aliphatic rings. The summed E-state index contributed by atoms with van der Waals surface area (Å²) in [6, 6.07) is 14.1. The van der Waals surface area contributed by atoms with Crippen LogP contribution in [0.5, 0.6) is 0 Å². The Hall–Kier alpha value is -2.95. The number of oxazole rings is 1. The molecule has 0 atom stereocenters. The minimum absolute atomic E-state index is 0.0233. The number of amides is 1. The van der Waals surface area contributed by atoms with Crippen LogP contribution in [0.3, 0.4) is 0 Å². The zero-order valence-corrected chi connectivity index (χ0v) is 13.5. The van der Waals surface area contributed by atoms with Crippen molar-refractivity contribution in [1.82, 2.24) is 4.98 Å². The number of rotatable bonds is 4. The second kappa shape index (κ2) is 6.66. The van der Waals surface area contributed by atoms with Gasteiger partial charge in [-0.15, -0.1) is 0 Å². The van der Waals surface area contributed by atoms with E-state index in [2.05, 4.69) is 10.3 Å². The molecule has 2 aromatic carbocycles. The van der Waals surface area contributed by atoms with Crippen molar-refractivity contribution in [2.45, 2.75) is 20.3 Å². The number of hydrogen-bond acceptors (Lipinski definition) is 3. The lowest BCUT2D eigenvalue weighted by Crippen LogP contribution is -2.16. The number of benzene rings is 2. The largest absolute Gasteiger partial charge is 0.441 e. The Labute approximate surface area is 139 Å². The fraction of sp³-hybridized carbons (Fsp3) is 0.158. The van der Waals surface area contributed by atoms with Crippen LogP contribution in [0.1, 0.15) is 17.0 Å². The molecule has 0 aliphatic heterocycles. The third-order valence-corrected chi connectivity index (χ3v) is 3.64. The Morgan fingerprint density at radius 1 is 1.17 bits per heavy atom. The topological polar surface area (TPSA) is 55.1 Å². The summed E-state index contributed by atoms with van der Waals surface area (Å²) in [6.45, 7) is 3.55. The summed E-state index contributed by atoms with van der Waals surface area (Å²) in [5, 5.41) is 2.57. The predicted molar refractivity (Wildman–Crippen MR) is 90.1 cm³/mol. The van der Waals surface area contributed by atoms with E-state index < -0.39 is 5.82 Å². The third kappa shape index (κ3) is 3.51. The quantitative estimate of drug-likeness (QED) is 0.779. The first kappa shape index (κ1) is 15.9. The standard InChI is InChI=1S/C19H17FN2O2/c1-12-8-9-16(15(20)10-12)21-18(23)11-17-13(2)24-19(22-17)14-6-4-3-5-7-14/h3-10H,11H2,1-2H3,(H,21,23). The number of hydrogen-bond donors (Lipinski definition) is 1. The molecule has 0 fully saturated rings. The Balaban J connectivity index is 1.74. The van der Waals surface area contributed by atoms with E-state index in [1.165, 1.54) is 6.07 Å². The van der Waals surface area contributed by atoms with Crippen molar-refractivity contribution in [3.63, 3.8) is 0 Å². The van der Waals surface area contributed by atoms with Crippen molar-refractivity contribution in [1.29, 1.82) is 0 Å². The fourth-order valence-corrected chi connectivity index (χ4v) is 2.36. The Bertz CT molecular complexity index is 872. The van der Waals surface area contributed by atoms with Gasteiger partial charge < -0.3 is 9.73 Å². The second-order valence-corrected chi connectivity index (χ2v) is 5.60. The number of nitrogens with one attached hydrogen (secondary N) is 1. The van der Waals surface area contributed by atoms with E-state index >= 15 is 0 Å². The highest BCUT2D eigenvalue weighted by Crippen LogP contribution is 2.22. The Kier molecular flexibility index (Phi) is 4.42. The van der Waals surface area contributed by atoms with E-state index in [-0.39, 0.29) is 18.0 Å². The molecular formula is C19H17FN2O2. The van der Waals surface area contributed by atoms with Gasteiger partial charge in [-0.05, 0) is 43.7 Å². The molecular weight excluding hydrogens is 307 g/mol.